The lowest BCUT2D eigenvalue weighted by molar-refractivity contribution is 0.136. The first-order valence-electron chi connectivity index (χ1n) is 10.8. The Morgan fingerprint density at radius 2 is 2.03 bits per heavy atom. The summed E-state index contributed by atoms with van der Waals surface area (Å²) < 4.78 is 39.4. The maximum absolute atomic E-state index is 14.5. The highest BCUT2D eigenvalue weighted by Gasteiger charge is 2.33. The number of pyridine rings is 2. The molecule has 1 aliphatic heterocycles. The number of likely N-dealkylation sites (tertiary alicyclic amines) is 1. The van der Waals surface area contributed by atoms with E-state index in [1.165, 1.54) is 13.3 Å². The van der Waals surface area contributed by atoms with Crippen LogP contribution in [0, 0.1) is 11.7 Å². The number of ether oxygens (including phenoxy) is 2. The Morgan fingerprint density at radius 1 is 1.21 bits per heavy atom. The average molecular weight is 456 g/mol. The maximum atomic E-state index is 14.5. The number of carbonyl (C=O) groups excluding carboxylic acids is 1. The number of methoxy groups -OCH3 is 1. The Bertz CT molecular complexity index is 1100. The van der Waals surface area contributed by atoms with Crippen LogP contribution in [-0.4, -0.2) is 60.4 Å². The van der Waals surface area contributed by atoms with Crippen molar-refractivity contribution in [2.45, 2.75) is 19.2 Å². The molecular weight excluding hydrogens is 430 g/mol. The number of carbonyl (C=O) groups is 1. The number of alkyl carbamates (subject to hydrolysis) is 1. The van der Waals surface area contributed by atoms with Gasteiger partial charge in [0.2, 0.25) is 5.88 Å². The minimum Gasteiger partial charge on any atom is -0.481 e. The molecule has 2 aromatic heterocycles. The number of benzene rings is 1. The third-order valence-corrected chi connectivity index (χ3v) is 5.78. The van der Waals surface area contributed by atoms with Crippen LogP contribution in [0.5, 0.6) is 5.88 Å². The predicted octanol–water partition coefficient (Wildman–Crippen LogP) is 3.52. The zero-order valence-electron chi connectivity index (χ0n) is 18.3. The third kappa shape index (κ3) is 5.73. The summed E-state index contributed by atoms with van der Waals surface area (Å²) in [7, 11) is 1.50. The van der Waals surface area contributed by atoms with E-state index in [-0.39, 0.29) is 25.6 Å². The van der Waals surface area contributed by atoms with E-state index in [2.05, 4.69) is 15.3 Å². The molecule has 4 rings (SSSR count). The number of nitrogens with one attached hydrogen (secondary N) is 1. The van der Waals surface area contributed by atoms with E-state index in [4.69, 9.17) is 9.47 Å². The molecule has 0 saturated carbocycles. The lowest BCUT2D eigenvalue weighted by Crippen LogP contribution is -2.33. The van der Waals surface area contributed by atoms with Crippen LogP contribution in [0.1, 0.15) is 11.1 Å². The van der Waals surface area contributed by atoms with E-state index in [0.717, 1.165) is 5.56 Å². The van der Waals surface area contributed by atoms with Crippen LogP contribution in [0.25, 0.3) is 11.0 Å². The first-order chi connectivity index (χ1) is 16.0. The fourth-order valence-corrected chi connectivity index (χ4v) is 3.98. The summed E-state index contributed by atoms with van der Waals surface area (Å²) in [5, 5.41) is 2.65. The molecule has 0 unspecified atom stereocenters. The van der Waals surface area contributed by atoms with Crippen LogP contribution in [-0.2, 0) is 17.8 Å². The van der Waals surface area contributed by atoms with Crippen LogP contribution in [0.3, 0.4) is 0 Å². The molecule has 1 fully saturated rings. The average Bonchev–Trinajstić information content (AvgIpc) is 3.20. The van der Waals surface area contributed by atoms with Gasteiger partial charge in [-0.1, -0.05) is 30.3 Å². The van der Waals surface area contributed by atoms with E-state index in [1.54, 1.807) is 12.1 Å². The molecule has 0 bridgehead atoms. The fraction of sp³-hybridized carbons (Fsp3) is 0.375. The van der Waals surface area contributed by atoms with Gasteiger partial charge in [-0.15, -0.1) is 0 Å². The molecule has 1 amide bonds. The number of amides is 1. The molecule has 3 heterocycles. The Kier molecular flexibility index (Phi) is 7.29. The number of hydrogen-bond donors (Lipinski definition) is 1. The van der Waals surface area contributed by atoms with E-state index >= 15 is 0 Å². The minimum atomic E-state index is -1.09. The summed E-state index contributed by atoms with van der Waals surface area (Å²) in [6.45, 7) is 1.49. The molecule has 1 N–H and O–H groups in total. The van der Waals surface area contributed by atoms with Crippen molar-refractivity contribution in [3.05, 3.63) is 65.6 Å². The van der Waals surface area contributed by atoms with E-state index in [0.29, 0.717) is 42.0 Å². The summed E-state index contributed by atoms with van der Waals surface area (Å²) in [6, 6.07) is 12.7. The highest BCUT2D eigenvalue weighted by molar-refractivity contribution is 5.78. The van der Waals surface area contributed by atoms with Gasteiger partial charge in [0.05, 0.1) is 24.3 Å². The van der Waals surface area contributed by atoms with Crippen LogP contribution < -0.4 is 10.1 Å². The van der Waals surface area contributed by atoms with Crippen molar-refractivity contribution in [2.24, 2.45) is 5.92 Å². The summed E-state index contributed by atoms with van der Waals surface area (Å²) in [6.07, 6.45) is -0.120. The lowest BCUT2D eigenvalue weighted by atomic mass is 10.1. The van der Waals surface area contributed by atoms with Gasteiger partial charge in [0.25, 0.3) is 0 Å². The van der Waals surface area contributed by atoms with Gasteiger partial charge in [-0.3, -0.25) is 9.88 Å². The molecule has 9 heteroatoms. The van der Waals surface area contributed by atoms with Crippen molar-refractivity contribution in [1.29, 1.82) is 0 Å². The molecule has 2 atom stereocenters. The Balaban J connectivity index is 1.29. The molecule has 0 radical (unpaired) electrons. The first kappa shape index (κ1) is 22.8. The summed E-state index contributed by atoms with van der Waals surface area (Å²) in [4.78, 5) is 22.3. The molecule has 1 aliphatic rings. The van der Waals surface area contributed by atoms with Gasteiger partial charge < -0.3 is 14.8 Å². The molecule has 7 nitrogen and oxygen atoms in total. The van der Waals surface area contributed by atoms with Crippen LogP contribution >= 0.6 is 0 Å². The van der Waals surface area contributed by atoms with E-state index in [9.17, 15) is 13.6 Å². The standard InChI is InChI=1S/C24H26F2N4O3/c1-32-22-8-7-21-23(29-22)18(19(25)12-27-21)9-10-30-13-17(20(26)14-30)11-28-24(31)33-15-16-5-3-2-4-6-16/h2-8,12,17,20H,9-11,13-15H2,1H3,(H,28,31)/t17-,20+/m0/s1. The fourth-order valence-electron chi connectivity index (χ4n) is 3.98. The van der Waals surface area contributed by atoms with Gasteiger partial charge in [0.1, 0.15) is 18.6 Å². The van der Waals surface area contributed by atoms with Gasteiger partial charge in [0, 0.05) is 43.7 Å². The number of aromatic nitrogens is 2. The summed E-state index contributed by atoms with van der Waals surface area (Å²) in [5.74, 6) is -0.420. The predicted molar refractivity (Wildman–Crippen MR) is 119 cm³/mol. The van der Waals surface area contributed by atoms with Gasteiger partial charge in [0.15, 0.2) is 0 Å². The second-order valence-electron chi connectivity index (χ2n) is 8.03. The van der Waals surface area contributed by atoms with Gasteiger partial charge in [-0.25, -0.2) is 18.6 Å². The molecule has 33 heavy (non-hydrogen) atoms. The number of rotatable bonds is 8. The number of fused-ring (bicyclic) bond motifs is 1. The quantitative estimate of drug-likeness (QED) is 0.559. The first-order valence-corrected chi connectivity index (χ1v) is 10.8. The largest absolute Gasteiger partial charge is 0.481 e. The van der Waals surface area contributed by atoms with Crippen molar-refractivity contribution in [2.75, 3.05) is 33.3 Å². The van der Waals surface area contributed by atoms with Gasteiger partial charge in [-0.05, 0) is 18.1 Å². The normalized spacial score (nSPS) is 18.4. The van der Waals surface area contributed by atoms with Crippen LogP contribution in [0.2, 0.25) is 0 Å². The molecule has 0 spiro atoms. The smallest absolute Gasteiger partial charge is 0.407 e. The Hall–Kier alpha value is -3.33. The van der Waals surface area contributed by atoms with Crippen molar-refractivity contribution < 1.29 is 23.0 Å². The SMILES string of the molecule is COc1ccc2ncc(F)c(CCN3C[C@H](CNC(=O)OCc4ccccc4)[C@H](F)C3)c2n1. The second-order valence-corrected chi connectivity index (χ2v) is 8.03. The highest BCUT2D eigenvalue weighted by atomic mass is 19.1. The topological polar surface area (TPSA) is 76.6 Å². The number of nitrogens with zero attached hydrogens (tertiary/aromatic N) is 3. The zero-order chi connectivity index (χ0) is 23.2. The molecule has 1 aromatic carbocycles. The van der Waals surface area contributed by atoms with E-state index in [1.807, 2.05) is 35.2 Å². The van der Waals surface area contributed by atoms with Gasteiger partial charge in [-0.2, -0.15) is 0 Å². The van der Waals surface area contributed by atoms with Gasteiger partial charge >= 0.3 is 6.09 Å². The zero-order valence-corrected chi connectivity index (χ0v) is 18.3. The maximum Gasteiger partial charge on any atom is 0.407 e. The van der Waals surface area contributed by atoms with Crippen molar-refractivity contribution in [3.8, 4) is 5.88 Å². The number of halogens is 2. The van der Waals surface area contributed by atoms with Crippen LogP contribution in [0.15, 0.2) is 48.7 Å². The van der Waals surface area contributed by atoms with Crippen LogP contribution in [0.4, 0.5) is 13.6 Å². The number of hydrogen-bond acceptors (Lipinski definition) is 6. The summed E-state index contributed by atoms with van der Waals surface area (Å²) >= 11 is 0. The molecular formula is C24H26F2N4O3. The second kappa shape index (κ2) is 10.5. The Morgan fingerprint density at radius 3 is 2.82 bits per heavy atom. The molecule has 174 valence electrons. The Labute approximate surface area is 190 Å². The monoisotopic (exact) mass is 456 g/mol. The van der Waals surface area contributed by atoms with Crippen molar-refractivity contribution in [3.63, 3.8) is 0 Å². The third-order valence-electron chi connectivity index (χ3n) is 5.78. The lowest BCUT2D eigenvalue weighted by Gasteiger charge is -2.16. The highest BCUT2D eigenvalue weighted by Crippen LogP contribution is 2.24. The molecule has 1 saturated heterocycles. The molecule has 0 aliphatic carbocycles. The van der Waals surface area contributed by atoms with Crippen molar-refractivity contribution in [1.82, 2.24) is 20.2 Å². The molecule has 3 aromatic rings. The van der Waals surface area contributed by atoms with E-state index < -0.39 is 18.1 Å². The van der Waals surface area contributed by atoms with Crippen molar-refractivity contribution >= 4 is 17.1 Å². The summed E-state index contributed by atoms with van der Waals surface area (Å²) in [5.41, 5.74) is 2.34. The number of alkyl halides is 1. The minimum absolute atomic E-state index is 0.160.